The average molecular weight is 372 g/mol. The molecule has 114 valence electrons. The minimum Gasteiger partial charge on any atom is -0.396 e. The smallest absolute Gasteiger partial charge is 0.0850 e. The van der Waals surface area contributed by atoms with Crippen molar-refractivity contribution < 1.29 is 5.11 Å². The molecule has 0 amide bonds. The number of rotatable bonds is 6. The lowest BCUT2D eigenvalue weighted by atomic mass is 9.95. The van der Waals surface area contributed by atoms with E-state index in [1.54, 1.807) is 0 Å². The first kappa shape index (κ1) is 16.5. The van der Waals surface area contributed by atoms with Gasteiger partial charge in [0.2, 0.25) is 0 Å². The van der Waals surface area contributed by atoms with E-state index in [2.05, 4.69) is 34.9 Å². The second-order valence-corrected chi connectivity index (χ2v) is 6.31. The molecule has 1 atom stereocenters. The zero-order chi connectivity index (χ0) is 15.4. The third kappa shape index (κ3) is 3.68. The van der Waals surface area contributed by atoms with Gasteiger partial charge in [-0.05, 0) is 37.5 Å². The van der Waals surface area contributed by atoms with Crippen LogP contribution < -0.4 is 0 Å². The standard InChI is InChI=1S/C16H20BrClN2O/c1-3-14-16(18)15(20(4-2)19-14)9-12(10-21)11-6-5-7-13(17)8-11/h5-8,12,21H,3-4,9-10H2,1-2H3. The fraction of sp³-hybridized carbons (Fsp3) is 0.438. The van der Waals surface area contributed by atoms with E-state index < -0.39 is 0 Å². The van der Waals surface area contributed by atoms with Gasteiger partial charge in [-0.15, -0.1) is 0 Å². The number of aliphatic hydroxyl groups excluding tert-OH is 1. The van der Waals surface area contributed by atoms with E-state index >= 15 is 0 Å². The molecular weight excluding hydrogens is 352 g/mol. The second-order valence-electron chi connectivity index (χ2n) is 5.02. The van der Waals surface area contributed by atoms with Gasteiger partial charge in [0.15, 0.2) is 0 Å². The van der Waals surface area contributed by atoms with Crippen molar-refractivity contribution >= 4 is 27.5 Å². The summed E-state index contributed by atoms with van der Waals surface area (Å²) < 4.78 is 2.96. The molecule has 0 aliphatic heterocycles. The van der Waals surface area contributed by atoms with Crippen LogP contribution in [0.4, 0.5) is 0 Å². The van der Waals surface area contributed by atoms with Gasteiger partial charge >= 0.3 is 0 Å². The molecule has 0 spiro atoms. The Morgan fingerprint density at radius 1 is 1.38 bits per heavy atom. The zero-order valence-electron chi connectivity index (χ0n) is 12.3. The number of aliphatic hydroxyl groups is 1. The van der Waals surface area contributed by atoms with Gasteiger partial charge in [-0.2, -0.15) is 5.10 Å². The highest BCUT2D eigenvalue weighted by Gasteiger charge is 2.20. The van der Waals surface area contributed by atoms with E-state index in [9.17, 15) is 5.11 Å². The molecule has 3 nitrogen and oxygen atoms in total. The number of hydrogen-bond donors (Lipinski definition) is 1. The van der Waals surface area contributed by atoms with Crippen molar-refractivity contribution in [3.05, 3.63) is 50.7 Å². The van der Waals surface area contributed by atoms with E-state index in [0.717, 1.165) is 39.4 Å². The molecule has 1 aromatic carbocycles. The van der Waals surface area contributed by atoms with E-state index in [1.165, 1.54) is 0 Å². The molecule has 2 rings (SSSR count). The Morgan fingerprint density at radius 3 is 2.71 bits per heavy atom. The summed E-state index contributed by atoms with van der Waals surface area (Å²) in [5.74, 6) is 0.0201. The Labute approximate surface area is 139 Å². The monoisotopic (exact) mass is 370 g/mol. The van der Waals surface area contributed by atoms with Crippen molar-refractivity contribution in [3.63, 3.8) is 0 Å². The maximum absolute atomic E-state index is 9.76. The summed E-state index contributed by atoms with van der Waals surface area (Å²) >= 11 is 9.93. The summed E-state index contributed by atoms with van der Waals surface area (Å²) in [4.78, 5) is 0. The average Bonchev–Trinajstić information content (AvgIpc) is 2.80. The van der Waals surface area contributed by atoms with Crippen molar-refractivity contribution in [1.29, 1.82) is 0 Å². The van der Waals surface area contributed by atoms with Crippen molar-refractivity contribution in [2.45, 2.75) is 39.2 Å². The van der Waals surface area contributed by atoms with Gasteiger partial charge in [0.1, 0.15) is 0 Å². The molecule has 5 heteroatoms. The predicted molar refractivity (Wildman–Crippen MR) is 90.0 cm³/mol. The third-order valence-corrected chi connectivity index (χ3v) is 4.60. The molecule has 0 bridgehead atoms. The Balaban J connectivity index is 2.32. The van der Waals surface area contributed by atoms with Crippen molar-refractivity contribution in [2.75, 3.05) is 6.61 Å². The van der Waals surface area contributed by atoms with Crippen LogP contribution >= 0.6 is 27.5 Å². The minimum atomic E-state index is 0.0201. The van der Waals surface area contributed by atoms with E-state index in [1.807, 2.05) is 28.9 Å². The largest absolute Gasteiger partial charge is 0.396 e. The predicted octanol–water partition coefficient (Wildman–Crippen LogP) is 4.20. The normalized spacial score (nSPS) is 12.6. The lowest BCUT2D eigenvalue weighted by molar-refractivity contribution is 0.262. The Bertz CT molecular complexity index is 612. The highest BCUT2D eigenvalue weighted by atomic mass is 79.9. The molecule has 0 radical (unpaired) electrons. The summed E-state index contributed by atoms with van der Waals surface area (Å²) in [5, 5.41) is 15.0. The van der Waals surface area contributed by atoms with E-state index in [4.69, 9.17) is 11.6 Å². The maximum atomic E-state index is 9.76. The Kier molecular flexibility index (Phi) is 5.85. The fourth-order valence-electron chi connectivity index (χ4n) is 2.49. The molecule has 1 aromatic heterocycles. The van der Waals surface area contributed by atoms with Gasteiger partial charge in [0.05, 0.1) is 23.0 Å². The van der Waals surface area contributed by atoms with E-state index in [-0.39, 0.29) is 12.5 Å². The highest BCUT2D eigenvalue weighted by Crippen LogP contribution is 2.29. The van der Waals surface area contributed by atoms with Crippen LogP contribution in [0.25, 0.3) is 0 Å². The molecule has 0 aliphatic carbocycles. The van der Waals surface area contributed by atoms with Gasteiger partial charge in [-0.25, -0.2) is 0 Å². The van der Waals surface area contributed by atoms with Gasteiger partial charge in [-0.1, -0.05) is 46.6 Å². The summed E-state index contributed by atoms with van der Waals surface area (Å²) in [7, 11) is 0. The van der Waals surface area contributed by atoms with Crippen LogP contribution in [0.5, 0.6) is 0 Å². The molecule has 21 heavy (non-hydrogen) atoms. The minimum absolute atomic E-state index is 0.0201. The van der Waals surface area contributed by atoms with Crippen molar-refractivity contribution in [1.82, 2.24) is 9.78 Å². The highest BCUT2D eigenvalue weighted by molar-refractivity contribution is 9.10. The van der Waals surface area contributed by atoms with Gasteiger partial charge in [0.25, 0.3) is 0 Å². The van der Waals surface area contributed by atoms with Gasteiger partial charge in [-0.3, -0.25) is 4.68 Å². The number of hydrogen-bond acceptors (Lipinski definition) is 2. The number of aryl methyl sites for hydroxylation is 2. The molecule has 1 heterocycles. The summed E-state index contributed by atoms with van der Waals surface area (Å²) in [5.41, 5.74) is 3.04. The SMILES string of the molecule is CCc1nn(CC)c(CC(CO)c2cccc(Br)c2)c1Cl. The van der Waals surface area contributed by atoms with Crippen LogP contribution in [-0.2, 0) is 19.4 Å². The number of benzene rings is 1. The number of halogens is 2. The third-order valence-electron chi connectivity index (χ3n) is 3.67. The van der Waals surface area contributed by atoms with Crippen LogP contribution in [0.2, 0.25) is 5.02 Å². The van der Waals surface area contributed by atoms with Crippen LogP contribution in [0.1, 0.15) is 36.7 Å². The first-order chi connectivity index (χ1) is 10.1. The van der Waals surface area contributed by atoms with Crippen LogP contribution in [0, 0.1) is 0 Å². The van der Waals surface area contributed by atoms with Gasteiger partial charge < -0.3 is 5.11 Å². The lowest BCUT2D eigenvalue weighted by Crippen LogP contribution is -2.12. The number of nitrogens with zero attached hydrogens (tertiary/aromatic N) is 2. The van der Waals surface area contributed by atoms with Crippen molar-refractivity contribution in [2.24, 2.45) is 0 Å². The van der Waals surface area contributed by atoms with Crippen LogP contribution in [0.3, 0.4) is 0 Å². The van der Waals surface area contributed by atoms with Gasteiger partial charge in [0, 0.05) is 16.9 Å². The molecule has 0 aliphatic rings. The van der Waals surface area contributed by atoms with Crippen molar-refractivity contribution in [3.8, 4) is 0 Å². The quantitative estimate of drug-likeness (QED) is 0.826. The molecule has 1 unspecified atom stereocenters. The molecule has 1 N–H and O–H groups in total. The Hall–Kier alpha value is -0.840. The molecule has 2 aromatic rings. The molecule has 0 saturated carbocycles. The Morgan fingerprint density at radius 2 is 2.14 bits per heavy atom. The van der Waals surface area contributed by atoms with Crippen LogP contribution in [-0.4, -0.2) is 21.5 Å². The van der Waals surface area contributed by atoms with E-state index in [0.29, 0.717) is 6.42 Å². The summed E-state index contributed by atoms with van der Waals surface area (Å²) in [6, 6.07) is 8.05. The maximum Gasteiger partial charge on any atom is 0.0850 e. The zero-order valence-corrected chi connectivity index (χ0v) is 14.7. The summed E-state index contributed by atoms with van der Waals surface area (Å²) in [6.45, 7) is 4.98. The first-order valence-corrected chi connectivity index (χ1v) is 8.38. The lowest BCUT2D eigenvalue weighted by Gasteiger charge is -2.16. The second kappa shape index (κ2) is 7.43. The molecule has 0 fully saturated rings. The number of aromatic nitrogens is 2. The fourth-order valence-corrected chi connectivity index (χ4v) is 3.26. The van der Waals surface area contributed by atoms with Crippen LogP contribution in [0.15, 0.2) is 28.7 Å². The topological polar surface area (TPSA) is 38.0 Å². The first-order valence-electron chi connectivity index (χ1n) is 7.21. The molecular formula is C16H20BrClN2O. The molecule has 0 saturated heterocycles. The summed E-state index contributed by atoms with van der Waals surface area (Å²) in [6.07, 6.45) is 1.51.